The molecule has 0 aliphatic carbocycles. The molecule has 1 N–H and O–H groups in total. The fourth-order valence-electron chi connectivity index (χ4n) is 1.10. The largest absolute Gasteiger partial charge is 0.478 e. The van der Waals surface area contributed by atoms with Crippen LogP contribution in [-0.4, -0.2) is 37.3 Å². The van der Waals surface area contributed by atoms with Crippen LogP contribution in [0, 0.1) is 0 Å². The van der Waals surface area contributed by atoms with Gasteiger partial charge in [0.1, 0.15) is 9.84 Å². The third-order valence-electron chi connectivity index (χ3n) is 1.89. The lowest BCUT2D eigenvalue weighted by Crippen LogP contribution is -2.06. The number of sulfone groups is 1. The van der Waals surface area contributed by atoms with E-state index in [1.165, 1.54) is 30.0 Å². The molecule has 1 aromatic rings. The van der Waals surface area contributed by atoms with Gasteiger partial charge in [-0.1, -0.05) is 11.6 Å². The molecule has 0 bridgehead atoms. The van der Waals surface area contributed by atoms with Crippen LogP contribution >= 0.6 is 23.4 Å². The van der Waals surface area contributed by atoms with Gasteiger partial charge in [0.2, 0.25) is 0 Å². The molecule has 0 spiro atoms. The zero-order chi connectivity index (χ0) is 13.1. The Morgan fingerprint density at radius 1 is 1.47 bits per heavy atom. The average molecular weight is 295 g/mol. The van der Waals surface area contributed by atoms with Crippen molar-refractivity contribution in [3.8, 4) is 0 Å². The van der Waals surface area contributed by atoms with Crippen LogP contribution in [0.2, 0.25) is 5.02 Å². The summed E-state index contributed by atoms with van der Waals surface area (Å²) in [7, 11) is -3.04. The highest BCUT2D eigenvalue weighted by molar-refractivity contribution is 8.00. The molecule has 7 heteroatoms. The van der Waals surface area contributed by atoms with Crippen LogP contribution in [0.3, 0.4) is 0 Å². The lowest BCUT2D eigenvalue weighted by atomic mass is 10.2. The van der Waals surface area contributed by atoms with E-state index >= 15 is 0 Å². The summed E-state index contributed by atoms with van der Waals surface area (Å²) in [5.41, 5.74) is 0.132. The van der Waals surface area contributed by atoms with Gasteiger partial charge in [-0.15, -0.1) is 11.8 Å². The van der Waals surface area contributed by atoms with Crippen molar-refractivity contribution < 1.29 is 18.3 Å². The number of carboxylic acid groups (broad SMARTS) is 1. The van der Waals surface area contributed by atoms with Gasteiger partial charge < -0.3 is 5.11 Å². The van der Waals surface area contributed by atoms with Crippen molar-refractivity contribution in [2.24, 2.45) is 0 Å². The van der Waals surface area contributed by atoms with Gasteiger partial charge in [0, 0.05) is 21.9 Å². The van der Waals surface area contributed by atoms with Gasteiger partial charge in [0.05, 0.1) is 11.3 Å². The van der Waals surface area contributed by atoms with Crippen molar-refractivity contribution in [2.75, 3.05) is 17.8 Å². The van der Waals surface area contributed by atoms with Gasteiger partial charge >= 0.3 is 5.97 Å². The van der Waals surface area contributed by atoms with E-state index in [0.29, 0.717) is 15.7 Å². The monoisotopic (exact) mass is 294 g/mol. The van der Waals surface area contributed by atoms with E-state index in [-0.39, 0.29) is 11.3 Å². The first-order valence-corrected chi connectivity index (χ1v) is 8.05. The molecule has 0 aliphatic heterocycles. The Bertz CT molecular complexity index is 525. The molecule has 1 aromatic carbocycles. The van der Waals surface area contributed by atoms with Gasteiger partial charge in [-0.25, -0.2) is 13.2 Å². The van der Waals surface area contributed by atoms with Gasteiger partial charge in [-0.2, -0.15) is 0 Å². The molecule has 0 atom stereocenters. The summed E-state index contributed by atoms with van der Waals surface area (Å²) < 4.78 is 21.9. The molecule has 1 rings (SSSR count). The zero-order valence-corrected chi connectivity index (χ0v) is 11.4. The third kappa shape index (κ3) is 4.97. The van der Waals surface area contributed by atoms with E-state index in [1.807, 2.05) is 0 Å². The van der Waals surface area contributed by atoms with E-state index in [4.69, 9.17) is 16.7 Å². The van der Waals surface area contributed by atoms with Crippen molar-refractivity contribution in [3.05, 3.63) is 28.8 Å². The normalized spacial score (nSPS) is 11.4. The number of carbonyl (C=O) groups is 1. The van der Waals surface area contributed by atoms with Crippen LogP contribution in [0.25, 0.3) is 0 Å². The number of rotatable bonds is 5. The number of aromatic carboxylic acids is 1. The van der Waals surface area contributed by atoms with Crippen molar-refractivity contribution in [1.29, 1.82) is 0 Å². The molecule has 94 valence electrons. The first kappa shape index (κ1) is 14.3. The molecular weight excluding hydrogens is 284 g/mol. The standard InChI is InChI=1S/C10H11ClO4S2/c1-17(14,15)5-4-16-9-6-7(11)2-3-8(9)10(12)13/h2-3,6H,4-5H2,1H3,(H,12,13). The van der Waals surface area contributed by atoms with E-state index in [2.05, 4.69) is 0 Å². The topological polar surface area (TPSA) is 71.4 Å². The number of halogens is 1. The first-order chi connectivity index (χ1) is 7.79. The predicted octanol–water partition coefficient (Wildman–Crippen LogP) is 2.17. The number of benzene rings is 1. The van der Waals surface area contributed by atoms with Gasteiger partial charge in [-0.05, 0) is 18.2 Å². The van der Waals surface area contributed by atoms with Crippen molar-refractivity contribution in [1.82, 2.24) is 0 Å². The summed E-state index contributed by atoms with van der Waals surface area (Å²) in [6, 6.07) is 4.43. The minimum absolute atomic E-state index is 0.00321. The van der Waals surface area contributed by atoms with Crippen LogP contribution in [0.5, 0.6) is 0 Å². The quantitative estimate of drug-likeness (QED) is 0.843. The number of hydrogen-bond acceptors (Lipinski definition) is 4. The number of carboxylic acids is 1. The van der Waals surface area contributed by atoms with Crippen molar-refractivity contribution in [2.45, 2.75) is 4.90 Å². The molecule has 0 amide bonds. The molecule has 0 saturated carbocycles. The van der Waals surface area contributed by atoms with Crippen LogP contribution < -0.4 is 0 Å². The van der Waals surface area contributed by atoms with Crippen molar-refractivity contribution in [3.63, 3.8) is 0 Å². The number of thioether (sulfide) groups is 1. The van der Waals surface area contributed by atoms with Crippen LogP contribution in [0.1, 0.15) is 10.4 Å². The maximum absolute atomic E-state index is 11.0. The maximum Gasteiger partial charge on any atom is 0.336 e. The lowest BCUT2D eigenvalue weighted by molar-refractivity contribution is 0.0693. The Morgan fingerprint density at radius 2 is 2.12 bits per heavy atom. The Kier molecular flexibility index (Phi) is 4.85. The van der Waals surface area contributed by atoms with Gasteiger partial charge in [0.25, 0.3) is 0 Å². The molecule has 4 nitrogen and oxygen atoms in total. The smallest absolute Gasteiger partial charge is 0.336 e. The van der Waals surface area contributed by atoms with Crippen LogP contribution in [0.4, 0.5) is 0 Å². The minimum atomic E-state index is -3.04. The molecule has 0 fully saturated rings. The van der Waals surface area contributed by atoms with E-state index in [9.17, 15) is 13.2 Å². The second kappa shape index (κ2) is 5.75. The molecular formula is C10H11ClO4S2. The van der Waals surface area contributed by atoms with Crippen LogP contribution in [0.15, 0.2) is 23.1 Å². The maximum atomic E-state index is 11.0. The SMILES string of the molecule is CS(=O)(=O)CCSc1cc(Cl)ccc1C(=O)O. The average Bonchev–Trinajstić information content (AvgIpc) is 2.15. The molecule has 0 radical (unpaired) electrons. The Hall–Kier alpha value is -0.720. The van der Waals surface area contributed by atoms with Gasteiger partial charge in [0.15, 0.2) is 0 Å². The Labute approximate surface area is 109 Å². The molecule has 0 saturated heterocycles. The number of hydrogen-bond donors (Lipinski definition) is 1. The van der Waals surface area contributed by atoms with E-state index < -0.39 is 15.8 Å². The summed E-state index contributed by atoms with van der Waals surface area (Å²) in [5.74, 6) is -0.744. The van der Waals surface area contributed by atoms with E-state index in [1.54, 1.807) is 0 Å². The fourth-order valence-corrected chi connectivity index (χ4v) is 3.62. The summed E-state index contributed by atoms with van der Waals surface area (Å²) in [6.45, 7) is 0. The van der Waals surface area contributed by atoms with Gasteiger partial charge in [-0.3, -0.25) is 0 Å². The summed E-state index contributed by atoms with van der Waals surface area (Å²) in [6.07, 6.45) is 1.14. The fraction of sp³-hybridized carbons (Fsp3) is 0.300. The highest BCUT2D eigenvalue weighted by Gasteiger charge is 2.12. The molecule has 0 unspecified atom stereocenters. The lowest BCUT2D eigenvalue weighted by Gasteiger charge is -2.05. The second-order valence-electron chi connectivity index (χ2n) is 3.42. The highest BCUT2D eigenvalue weighted by atomic mass is 35.5. The minimum Gasteiger partial charge on any atom is -0.478 e. The second-order valence-corrected chi connectivity index (χ2v) is 7.26. The molecule has 0 aromatic heterocycles. The summed E-state index contributed by atoms with van der Waals surface area (Å²) in [5, 5.41) is 9.37. The Morgan fingerprint density at radius 3 is 2.65 bits per heavy atom. The molecule has 0 aliphatic rings. The highest BCUT2D eigenvalue weighted by Crippen LogP contribution is 2.26. The summed E-state index contributed by atoms with van der Waals surface area (Å²) >= 11 is 6.94. The zero-order valence-electron chi connectivity index (χ0n) is 9.01. The van der Waals surface area contributed by atoms with E-state index in [0.717, 1.165) is 6.26 Å². The van der Waals surface area contributed by atoms with Crippen molar-refractivity contribution >= 4 is 39.2 Å². The molecule has 17 heavy (non-hydrogen) atoms. The Balaban J connectivity index is 2.82. The predicted molar refractivity (Wildman–Crippen MR) is 68.8 cm³/mol. The summed E-state index contributed by atoms with van der Waals surface area (Å²) in [4.78, 5) is 11.4. The van der Waals surface area contributed by atoms with Crippen LogP contribution in [-0.2, 0) is 9.84 Å². The first-order valence-electron chi connectivity index (χ1n) is 4.63. The third-order valence-corrected chi connectivity index (χ3v) is 4.38. The molecule has 0 heterocycles.